The predicted octanol–water partition coefficient (Wildman–Crippen LogP) is -1.64. The molecular formula is C10H20N2O3. The van der Waals surface area contributed by atoms with E-state index in [0.717, 1.165) is 32.7 Å². The van der Waals surface area contributed by atoms with Crippen LogP contribution < -0.4 is 0 Å². The monoisotopic (exact) mass is 216 g/mol. The van der Waals surface area contributed by atoms with Crippen LogP contribution in [0.5, 0.6) is 0 Å². The molecule has 0 aliphatic carbocycles. The number of nitrogens with zero attached hydrogens (tertiary/aromatic N) is 2. The first-order valence-electron chi connectivity index (χ1n) is 5.64. The van der Waals surface area contributed by atoms with Gasteiger partial charge in [-0.25, -0.2) is 0 Å². The van der Waals surface area contributed by atoms with Crippen LogP contribution in [0.15, 0.2) is 0 Å². The van der Waals surface area contributed by atoms with Crippen LogP contribution in [-0.2, 0) is 4.74 Å². The molecule has 2 N–H and O–H groups in total. The topological polar surface area (TPSA) is 56.2 Å². The third kappa shape index (κ3) is 2.68. The molecule has 0 bridgehead atoms. The first kappa shape index (κ1) is 11.3. The third-order valence-electron chi connectivity index (χ3n) is 3.31. The van der Waals surface area contributed by atoms with E-state index in [2.05, 4.69) is 9.80 Å². The molecule has 0 radical (unpaired) electrons. The number of hydrogen-bond acceptors (Lipinski definition) is 5. The van der Waals surface area contributed by atoms with E-state index in [-0.39, 0.29) is 18.8 Å². The Labute approximate surface area is 90.2 Å². The summed E-state index contributed by atoms with van der Waals surface area (Å²) in [5.74, 6) is 0. The van der Waals surface area contributed by atoms with E-state index in [1.165, 1.54) is 0 Å². The molecule has 2 fully saturated rings. The molecule has 5 nitrogen and oxygen atoms in total. The molecule has 0 aromatic carbocycles. The molecule has 0 unspecified atom stereocenters. The average molecular weight is 216 g/mol. The number of piperazine rings is 1. The Balaban J connectivity index is 1.77. The molecule has 0 spiro atoms. The van der Waals surface area contributed by atoms with E-state index in [1.807, 2.05) is 0 Å². The second kappa shape index (κ2) is 5.23. The van der Waals surface area contributed by atoms with Crippen LogP contribution in [0.2, 0.25) is 0 Å². The Morgan fingerprint density at radius 3 is 2.40 bits per heavy atom. The molecule has 2 saturated heterocycles. The van der Waals surface area contributed by atoms with Crippen LogP contribution in [0, 0.1) is 0 Å². The first-order chi connectivity index (χ1) is 7.31. The van der Waals surface area contributed by atoms with Gasteiger partial charge in [0.15, 0.2) is 0 Å². The zero-order valence-corrected chi connectivity index (χ0v) is 9.01. The van der Waals surface area contributed by atoms with Crippen molar-refractivity contribution in [2.75, 3.05) is 52.5 Å². The summed E-state index contributed by atoms with van der Waals surface area (Å²) in [5.41, 5.74) is 0. The minimum Gasteiger partial charge on any atom is -0.395 e. The molecule has 2 heterocycles. The lowest BCUT2D eigenvalue weighted by Crippen LogP contribution is -2.53. The van der Waals surface area contributed by atoms with E-state index >= 15 is 0 Å². The van der Waals surface area contributed by atoms with Gasteiger partial charge >= 0.3 is 0 Å². The van der Waals surface area contributed by atoms with Crippen molar-refractivity contribution in [1.29, 1.82) is 0 Å². The van der Waals surface area contributed by atoms with Gasteiger partial charge in [-0.2, -0.15) is 0 Å². The standard InChI is InChI=1S/C10H20N2O3/c13-6-5-11-1-3-12(4-2-11)9-7-15-8-10(9)14/h9-10,13-14H,1-8H2/t9-,10-/m1/s1. The molecule has 15 heavy (non-hydrogen) atoms. The molecule has 2 rings (SSSR count). The summed E-state index contributed by atoms with van der Waals surface area (Å²) >= 11 is 0. The zero-order chi connectivity index (χ0) is 10.7. The Kier molecular flexibility index (Phi) is 3.93. The summed E-state index contributed by atoms with van der Waals surface area (Å²) in [6.07, 6.45) is -0.325. The van der Waals surface area contributed by atoms with Gasteiger partial charge in [0.2, 0.25) is 0 Å². The fourth-order valence-electron chi connectivity index (χ4n) is 2.34. The Bertz CT molecular complexity index is 195. The van der Waals surface area contributed by atoms with Crippen molar-refractivity contribution in [3.8, 4) is 0 Å². The van der Waals surface area contributed by atoms with Gasteiger partial charge in [0.25, 0.3) is 0 Å². The van der Waals surface area contributed by atoms with Gasteiger partial charge in [0.05, 0.1) is 32.0 Å². The molecule has 2 aliphatic heterocycles. The summed E-state index contributed by atoms with van der Waals surface area (Å²) in [6, 6.07) is 0.182. The van der Waals surface area contributed by atoms with Gasteiger partial charge in [-0.3, -0.25) is 9.80 Å². The number of hydrogen-bond donors (Lipinski definition) is 2. The van der Waals surface area contributed by atoms with Crippen LogP contribution in [0.4, 0.5) is 0 Å². The van der Waals surface area contributed by atoms with Crippen molar-refractivity contribution in [2.24, 2.45) is 0 Å². The number of rotatable bonds is 3. The van der Waals surface area contributed by atoms with Crippen LogP contribution in [0.1, 0.15) is 0 Å². The normalized spacial score (nSPS) is 34.8. The lowest BCUT2D eigenvalue weighted by Gasteiger charge is -2.38. The maximum Gasteiger partial charge on any atom is 0.0950 e. The van der Waals surface area contributed by atoms with E-state index in [9.17, 15) is 5.11 Å². The van der Waals surface area contributed by atoms with Crippen LogP contribution in [-0.4, -0.2) is 84.7 Å². The van der Waals surface area contributed by atoms with Crippen LogP contribution in [0.3, 0.4) is 0 Å². The van der Waals surface area contributed by atoms with E-state index in [0.29, 0.717) is 13.2 Å². The average Bonchev–Trinajstić information content (AvgIpc) is 2.66. The van der Waals surface area contributed by atoms with Crippen molar-refractivity contribution in [3.05, 3.63) is 0 Å². The molecule has 5 heteroatoms. The number of aliphatic hydroxyl groups is 2. The summed E-state index contributed by atoms with van der Waals surface area (Å²) in [7, 11) is 0. The van der Waals surface area contributed by atoms with Gasteiger partial charge in [-0.15, -0.1) is 0 Å². The second-order valence-corrected chi connectivity index (χ2v) is 4.27. The van der Waals surface area contributed by atoms with Gasteiger partial charge in [0, 0.05) is 32.7 Å². The minimum absolute atomic E-state index is 0.182. The number of aliphatic hydroxyl groups excluding tert-OH is 2. The summed E-state index contributed by atoms with van der Waals surface area (Å²) < 4.78 is 5.25. The highest BCUT2D eigenvalue weighted by atomic mass is 16.5. The Morgan fingerprint density at radius 2 is 1.87 bits per heavy atom. The summed E-state index contributed by atoms with van der Waals surface area (Å²) in [6.45, 7) is 6.00. The highest BCUT2D eigenvalue weighted by Gasteiger charge is 2.33. The lowest BCUT2D eigenvalue weighted by molar-refractivity contribution is 0.0398. The fourth-order valence-corrected chi connectivity index (χ4v) is 2.34. The molecule has 2 atom stereocenters. The summed E-state index contributed by atoms with van der Waals surface area (Å²) in [5, 5.41) is 18.5. The molecule has 0 saturated carbocycles. The minimum atomic E-state index is -0.325. The highest BCUT2D eigenvalue weighted by molar-refractivity contribution is 4.86. The number of ether oxygens (including phenoxy) is 1. The highest BCUT2D eigenvalue weighted by Crippen LogP contribution is 2.15. The molecule has 0 aromatic heterocycles. The van der Waals surface area contributed by atoms with Crippen molar-refractivity contribution in [1.82, 2.24) is 9.80 Å². The third-order valence-corrected chi connectivity index (χ3v) is 3.31. The second-order valence-electron chi connectivity index (χ2n) is 4.27. The largest absolute Gasteiger partial charge is 0.395 e. The molecule has 0 aromatic rings. The maximum atomic E-state index is 9.69. The maximum absolute atomic E-state index is 9.69. The Morgan fingerprint density at radius 1 is 1.13 bits per heavy atom. The number of β-amino-alcohol motifs (C(OH)–C–C–N with tert-alkyl or cyclic N) is 1. The fraction of sp³-hybridized carbons (Fsp3) is 1.00. The zero-order valence-electron chi connectivity index (χ0n) is 9.01. The Hall–Kier alpha value is -0.200. The van der Waals surface area contributed by atoms with E-state index in [1.54, 1.807) is 0 Å². The van der Waals surface area contributed by atoms with Crippen molar-refractivity contribution < 1.29 is 14.9 Å². The van der Waals surface area contributed by atoms with Gasteiger partial charge in [-0.1, -0.05) is 0 Å². The summed E-state index contributed by atoms with van der Waals surface area (Å²) in [4.78, 5) is 4.55. The lowest BCUT2D eigenvalue weighted by atomic mass is 10.1. The van der Waals surface area contributed by atoms with Crippen LogP contribution >= 0.6 is 0 Å². The first-order valence-corrected chi connectivity index (χ1v) is 5.64. The molecular weight excluding hydrogens is 196 g/mol. The van der Waals surface area contributed by atoms with E-state index in [4.69, 9.17) is 9.84 Å². The van der Waals surface area contributed by atoms with E-state index < -0.39 is 0 Å². The predicted molar refractivity (Wildman–Crippen MR) is 55.7 cm³/mol. The SMILES string of the molecule is OCCN1CCN([C@@H]2COC[C@H]2O)CC1. The molecule has 0 amide bonds. The molecule has 88 valence electrons. The van der Waals surface area contributed by atoms with Crippen molar-refractivity contribution >= 4 is 0 Å². The van der Waals surface area contributed by atoms with Gasteiger partial charge < -0.3 is 14.9 Å². The van der Waals surface area contributed by atoms with Crippen LogP contribution in [0.25, 0.3) is 0 Å². The van der Waals surface area contributed by atoms with Crippen molar-refractivity contribution in [3.63, 3.8) is 0 Å². The van der Waals surface area contributed by atoms with Crippen molar-refractivity contribution in [2.45, 2.75) is 12.1 Å². The quantitative estimate of drug-likeness (QED) is 0.592. The smallest absolute Gasteiger partial charge is 0.0950 e. The molecule has 2 aliphatic rings. The van der Waals surface area contributed by atoms with Gasteiger partial charge in [-0.05, 0) is 0 Å². The van der Waals surface area contributed by atoms with Gasteiger partial charge in [0.1, 0.15) is 0 Å².